The third kappa shape index (κ3) is 3.44. The van der Waals surface area contributed by atoms with Gasteiger partial charge in [-0.2, -0.15) is 16.1 Å². The molecule has 3 rings (SSSR count). The number of thiophene rings is 1. The maximum atomic E-state index is 12.0. The summed E-state index contributed by atoms with van der Waals surface area (Å²) in [5.41, 5.74) is 1.43. The van der Waals surface area contributed by atoms with Gasteiger partial charge in [-0.05, 0) is 34.9 Å². The first-order valence-corrected chi connectivity index (χ1v) is 7.87. The Morgan fingerprint density at radius 3 is 2.86 bits per heavy atom. The van der Waals surface area contributed by atoms with Gasteiger partial charge in [-0.3, -0.25) is 4.79 Å². The number of anilines is 1. The Kier molecular flexibility index (Phi) is 4.37. The molecule has 22 heavy (non-hydrogen) atoms. The summed E-state index contributed by atoms with van der Waals surface area (Å²) in [6.45, 7) is -0.0443. The molecule has 0 spiro atoms. The maximum Gasteiger partial charge on any atom is 0.248 e. The van der Waals surface area contributed by atoms with Crippen molar-refractivity contribution in [1.29, 1.82) is 0 Å². The van der Waals surface area contributed by atoms with Crippen LogP contribution in [0, 0.1) is 0 Å². The lowest BCUT2D eigenvalue weighted by Gasteiger charge is -2.05. The van der Waals surface area contributed by atoms with E-state index in [-0.39, 0.29) is 12.5 Å². The van der Waals surface area contributed by atoms with E-state index in [0.717, 1.165) is 5.56 Å². The molecule has 2 heterocycles. The van der Waals surface area contributed by atoms with Gasteiger partial charge in [-0.25, -0.2) is 0 Å². The fourth-order valence-electron chi connectivity index (χ4n) is 1.72. The van der Waals surface area contributed by atoms with Crippen molar-refractivity contribution in [2.45, 2.75) is 6.54 Å². The summed E-state index contributed by atoms with van der Waals surface area (Å²) < 4.78 is 0. The van der Waals surface area contributed by atoms with E-state index >= 15 is 0 Å². The number of nitrogens with one attached hydrogen (secondary N) is 1. The molecule has 0 unspecified atom stereocenters. The van der Waals surface area contributed by atoms with Crippen LogP contribution in [0.25, 0.3) is 11.4 Å². The number of carbonyl (C=O) groups is 1. The van der Waals surface area contributed by atoms with Gasteiger partial charge in [0, 0.05) is 16.6 Å². The van der Waals surface area contributed by atoms with Crippen molar-refractivity contribution in [3.63, 3.8) is 0 Å². The molecule has 0 saturated heterocycles. The average molecular weight is 354 g/mol. The van der Waals surface area contributed by atoms with E-state index in [1.165, 1.54) is 4.80 Å². The minimum absolute atomic E-state index is 0.0443. The first kappa shape index (κ1) is 15.0. The van der Waals surface area contributed by atoms with E-state index < -0.39 is 0 Å². The second kappa shape index (κ2) is 6.43. The number of carbonyl (C=O) groups excluding carboxylic acids is 1. The molecule has 0 aliphatic rings. The molecule has 0 aliphatic carbocycles. The van der Waals surface area contributed by atoms with Gasteiger partial charge in [0.1, 0.15) is 6.54 Å². The van der Waals surface area contributed by atoms with Crippen molar-refractivity contribution in [3.05, 3.63) is 45.1 Å². The Bertz CT molecular complexity index is 803. The lowest BCUT2D eigenvalue weighted by molar-refractivity contribution is -0.117. The topological polar surface area (TPSA) is 72.7 Å². The molecular weight excluding hydrogens is 345 g/mol. The summed E-state index contributed by atoms with van der Waals surface area (Å²) >= 11 is 13.3. The van der Waals surface area contributed by atoms with Gasteiger partial charge in [-0.15, -0.1) is 10.2 Å². The summed E-state index contributed by atoms with van der Waals surface area (Å²) in [5.74, 6) is 0.205. The number of amides is 1. The van der Waals surface area contributed by atoms with Crippen LogP contribution in [0.4, 0.5) is 5.69 Å². The van der Waals surface area contributed by atoms with E-state index in [9.17, 15) is 4.79 Å². The smallest absolute Gasteiger partial charge is 0.248 e. The van der Waals surface area contributed by atoms with E-state index in [2.05, 4.69) is 20.7 Å². The lowest BCUT2D eigenvalue weighted by atomic mass is 10.3. The highest BCUT2D eigenvalue weighted by molar-refractivity contribution is 7.08. The molecule has 6 nitrogen and oxygen atoms in total. The van der Waals surface area contributed by atoms with Crippen molar-refractivity contribution in [2.24, 2.45) is 0 Å². The Hall–Kier alpha value is -1.96. The summed E-state index contributed by atoms with van der Waals surface area (Å²) in [4.78, 5) is 13.2. The Morgan fingerprint density at radius 2 is 2.14 bits per heavy atom. The first-order valence-electron chi connectivity index (χ1n) is 6.17. The molecule has 9 heteroatoms. The fourth-order valence-corrected chi connectivity index (χ4v) is 2.65. The molecule has 3 aromatic rings. The van der Waals surface area contributed by atoms with Crippen LogP contribution >= 0.6 is 34.5 Å². The van der Waals surface area contributed by atoms with Crippen LogP contribution < -0.4 is 5.32 Å². The van der Waals surface area contributed by atoms with Gasteiger partial charge in [0.15, 0.2) is 0 Å². The van der Waals surface area contributed by atoms with E-state index in [0.29, 0.717) is 21.6 Å². The van der Waals surface area contributed by atoms with Gasteiger partial charge >= 0.3 is 0 Å². The minimum atomic E-state index is -0.285. The van der Waals surface area contributed by atoms with E-state index in [1.54, 1.807) is 29.5 Å². The highest BCUT2D eigenvalue weighted by Crippen LogP contribution is 2.25. The van der Waals surface area contributed by atoms with Gasteiger partial charge in [-0.1, -0.05) is 23.2 Å². The third-order valence-electron chi connectivity index (χ3n) is 2.72. The second-order valence-corrected chi connectivity index (χ2v) is 5.93. The summed E-state index contributed by atoms with van der Waals surface area (Å²) in [7, 11) is 0. The molecular formula is C13H9Cl2N5OS. The fraction of sp³-hybridized carbons (Fsp3) is 0.0769. The molecule has 112 valence electrons. The van der Waals surface area contributed by atoms with Crippen LogP contribution in [-0.4, -0.2) is 26.1 Å². The molecule has 2 aromatic heterocycles. The highest BCUT2D eigenvalue weighted by Gasteiger charge is 2.10. The second-order valence-electron chi connectivity index (χ2n) is 4.33. The van der Waals surface area contributed by atoms with Crippen molar-refractivity contribution in [3.8, 4) is 11.4 Å². The van der Waals surface area contributed by atoms with Crippen LogP contribution in [0.5, 0.6) is 0 Å². The molecule has 0 fully saturated rings. The first-order chi connectivity index (χ1) is 10.6. The zero-order chi connectivity index (χ0) is 15.5. The highest BCUT2D eigenvalue weighted by atomic mass is 35.5. The average Bonchev–Trinajstić information content (AvgIpc) is 3.13. The normalized spacial score (nSPS) is 10.6. The summed E-state index contributed by atoms with van der Waals surface area (Å²) in [5, 5.41) is 19.3. The van der Waals surface area contributed by atoms with E-state index in [1.807, 2.05) is 16.8 Å². The van der Waals surface area contributed by atoms with Crippen molar-refractivity contribution < 1.29 is 4.79 Å². The molecule has 0 atom stereocenters. The minimum Gasteiger partial charge on any atom is -0.324 e. The predicted molar refractivity (Wildman–Crippen MR) is 86.2 cm³/mol. The van der Waals surface area contributed by atoms with E-state index in [4.69, 9.17) is 23.2 Å². The summed E-state index contributed by atoms with van der Waals surface area (Å²) in [6.07, 6.45) is 0. The third-order valence-corrected chi connectivity index (χ3v) is 4.14. The zero-order valence-electron chi connectivity index (χ0n) is 11.0. The van der Waals surface area contributed by atoms with Crippen molar-refractivity contribution in [2.75, 3.05) is 5.32 Å². The predicted octanol–water partition coefficient (Wildman–Crippen LogP) is 3.35. The number of hydrogen-bond donors (Lipinski definition) is 1. The monoisotopic (exact) mass is 353 g/mol. The summed E-state index contributed by atoms with van der Waals surface area (Å²) in [6, 6.07) is 6.74. The van der Waals surface area contributed by atoms with Gasteiger partial charge in [0.05, 0.1) is 10.0 Å². The Balaban J connectivity index is 1.65. The van der Waals surface area contributed by atoms with Gasteiger partial charge < -0.3 is 5.32 Å². The standard InChI is InChI=1S/C13H9Cl2N5OS/c14-10-2-1-9(5-11(10)15)16-12(21)6-20-18-13(17-19-20)8-3-4-22-7-8/h1-5,7H,6H2,(H,16,21). The number of hydrogen-bond acceptors (Lipinski definition) is 5. The van der Waals surface area contributed by atoms with Gasteiger partial charge in [0.25, 0.3) is 0 Å². The SMILES string of the molecule is O=C(Cn1nnc(-c2ccsc2)n1)Nc1ccc(Cl)c(Cl)c1. The van der Waals surface area contributed by atoms with Crippen LogP contribution in [0.3, 0.4) is 0 Å². The molecule has 1 amide bonds. The zero-order valence-corrected chi connectivity index (χ0v) is 13.4. The van der Waals surface area contributed by atoms with Crippen molar-refractivity contribution in [1.82, 2.24) is 20.2 Å². The molecule has 0 radical (unpaired) electrons. The van der Waals surface area contributed by atoms with Crippen LogP contribution in [0.15, 0.2) is 35.0 Å². The van der Waals surface area contributed by atoms with Crippen molar-refractivity contribution >= 4 is 46.1 Å². The number of aromatic nitrogens is 4. The molecule has 0 aliphatic heterocycles. The molecule has 1 N–H and O–H groups in total. The quantitative estimate of drug-likeness (QED) is 0.780. The van der Waals surface area contributed by atoms with Crippen LogP contribution in [0.1, 0.15) is 0 Å². The Morgan fingerprint density at radius 1 is 1.27 bits per heavy atom. The number of tetrazole rings is 1. The van der Waals surface area contributed by atoms with Crippen LogP contribution in [0.2, 0.25) is 10.0 Å². The number of benzene rings is 1. The van der Waals surface area contributed by atoms with Crippen LogP contribution in [-0.2, 0) is 11.3 Å². The molecule has 0 bridgehead atoms. The maximum absolute atomic E-state index is 12.0. The van der Waals surface area contributed by atoms with Gasteiger partial charge in [0.2, 0.25) is 11.7 Å². The number of rotatable bonds is 4. The number of nitrogens with zero attached hydrogens (tertiary/aromatic N) is 4. The number of halogens is 2. The molecule has 1 aromatic carbocycles. The molecule has 0 saturated carbocycles. The Labute approximate surface area is 139 Å². The lowest BCUT2D eigenvalue weighted by Crippen LogP contribution is -2.20. The largest absolute Gasteiger partial charge is 0.324 e.